The average molecular weight is 256 g/mol. The Hall–Kier alpha value is -1.57. The van der Waals surface area contributed by atoms with Crippen LogP contribution in [-0.4, -0.2) is 13.3 Å². The Morgan fingerprint density at radius 3 is 2.42 bits per heavy atom. The zero-order chi connectivity index (χ0) is 14.3. The van der Waals surface area contributed by atoms with Crippen molar-refractivity contribution in [3.05, 3.63) is 41.1 Å². The molecule has 2 heteroatoms. The van der Waals surface area contributed by atoms with Crippen LogP contribution >= 0.6 is 0 Å². The van der Waals surface area contributed by atoms with Crippen LogP contribution in [0.4, 0.5) is 5.69 Å². The molecule has 2 rings (SSSR count). The fourth-order valence-corrected chi connectivity index (χ4v) is 2.72. The molecule has 0 saturated carbocycles. The van der Waals surface area contributed by atoms with Crippen molar-refractivity contribution in [1.82, 2.24) is 0 Å². The molecule has 102 valence electrons. The van der Waals surface area contributed by atoms with Gasteiger partial charge in [-0.1, -0.05) is 45.9 Å². The Balaban J connectivity index is 2.67. The van der Waals surface area contributed by atoms with Crippen LogP contribution in [0.15, 0.2) is 35.0 Å². The van der Waals surface area contributed by atoms with Crippen molar-refractivity contribution >= 4 is 11.9 Å². The lowest BCUT2D eigenvalue weighted by Crippen LogP contribution is -2.44. The van der Waals surface area contributed by atoms with Crippen molar-refractivity contribution in [3.63, 3.8) is 0 Å². The number of nitrogens with one attached hydrogen (secondary N) is 1. The number of allylic oxidation sites excluding steroid dienone is 2. The van der Waals surface area contributed by atoms with Crippen LogP contribution < -0.4 is 5.32 Å². The summed E-state index contributed by atoms with van der Waals surface area (Å²) in [5.41, 5.74) is 5.28. The number of benzene rings is 1. The second-order valence-electron chi connectivity index (χ2n) is 6.36. The number of hydrogen-bond acceptors (Lipinski definition) is 2. The van der Waals surface area contributed by atoms with E-state index >= 15 is 0 Å². The van der Waals surface area contributed by atoms with E-state index < -0.39 is 0 Å². The summed E-state index contributed by atoms with van der Waals surface area (Å²) >= 11 is 0. The molecule has 1 heterocycles. The summed E-state index contributed by atoms with van der Waals surface area (Å²) < 4.78 is 0. The normalized spacial score (nSPS) is 22.3. The number of hydrogen-bond donors (Lipinski definition) is 1. The monoisotopic (exact) mass is 256 g/mol. The summed E-state index contributed by atoms with van der Waals surface area (Å²) in [6, 6.07) is 6.55. The van der Waals surface area contributed by atoms with Crippen LogP contribution in [-0.2, 0) is 5.41 Å². The van der Waals surface area contributed by atoms with Crippen LogP contribution in [0.5, 0.6) is 0 Å². The van der Waals surface area contributed by atoms with Crippen molar-refractivity contribution < 1.29 is 0 Å². The Kier molecular flexibility index (Phi) is 3.29. The van der Waals surface area contributed by atoms with Crippen LogP contribution in [0, 0.1) is 12.3 Å². The Morgan fingerprint density at radius 2 is 1.79 bits per heavy atom. The number of rotatable bonds is 1. The highest BCUT2D eigenvalue weighted by Gasteiger charge is 2.45. The van der Waals surface area contributed by atoms with Gasteiger partial charge < -0.3 is 5.32 Å². The van der Waals surface area contributed by atoms with Gasteiger partial charge in [0.1, 0.15) is 0 Å². The maximum atomic E-state index is 4.08. The molecule has 1 aliphatic heterocycles. The molecule has 0 fully saturated rings. The van der Waals surface area contributed by atoms with E-state index in [1.54, 1.807) is 7.05 Å². The van der Waals surface area contributed by atoms with E-state index in [1.807, 2.05) is 6.21 Å². The molecule has 2 nitrogen and oxygen atoms in total. The number of anilines is 1. The van der Waals surface area contributed by atoms with E-state index in [2.05, 4.69) is 69.2 Å². The van der Waals surface area contributed by atoms with Gasteiger partial charge in [0.15, 0.2) is 0 Å². The van der Waals surface area contributed by atoms with Crippen LogP contribution in [0.2, 0.25) is 0 Å². The van der Waals surface area contributed by atoms with E-state index in [0.29, 0.717) is 0 Å². The lowest BCUT2D eigenvalue weighted by Gasteiger charge is -2.49. The molecule has 0 amide bonds. The lowest BCUT2D eigenvalue weighted by molar-refractivity contribution is 0.244. The van der Waals surface area contributed by atoms with Gasteiger partial charge in [-0.15, -0.1) is 0 Å². The first-order chi connectivity index (χ1) is 8.82. The second-order valence-corrected chi connectivity index (χ2v) is 6.36. The number of para-hydroxylation sites is 1. The highest BCUT2D eigenvalue weighted by atomic mass is 14.9. The Morgan fingerprint density at radius 1 is 1.11 bits per heavy atom. The van der Waals surface area contributed by atoms with Gasteiger partial charge in [-0.05, 0) is 24.1 Å². The maximum Gasteiger partial charge on any atom is 0.0450 e. The van der Waals surface area contributed by atoms with E-state index in [1.165, 1.54) is 22.5 Å². The minimum atomic E-state index is 0.0367. The number of aryl methyl sites for hydroxylation is 1. The van der Waals surface area contributed by atoms with Gasteiger partial charge in [0, 0.05) is 35.5 Å². The predicted molar refractivity (Wildman–Crippen MR) is 84.1 cm³/mol. The van der Waals surface area contributed by atoms with Crippen molar-refractivity contribution in [2.75, 3.05) is 12.4 Å². The summed E-state index contributed by atoms with van der Waals surface area (Å²) in [6.07, 6.45) is 3.96. The van der Waals surface area contributed by atoms with Gasteiger partial charge >= 0.3 is 0 Å². The van der Waals surface area contributed by atoms with Gasteiger partial charge in [-0.25, -0.2) is 0 Å². The van der Waals surface area contributed by atoms with Crippen molar-refractivity contribution in [2.24, 2.45) is 10.4 Å². The zero-order valence-corrected chi connectivity index (χ0v) is 12.8. The highest BCUT2D eigenvalue weighted by molar-refractivity contribution is 5.76. The van der Waals surface area contributed by atoms with Gasteiger partial charge in [-0.3, -0.25) is 4.99 Å². The molecule has 1 aromatic carbocycles. The molecule has 1 N–H and O–H groups in total. The molecule has 0 bridgehead atoms. The Bertz CT molecular complexity index is 548. The van der Waals surface area contributed by atoms with Gasteiger partial charge in [0.25, 0.3) is 0 Å². The molecule has 0 atom stereocenters. The van der Waals surface area contributed by atoms with E-state index in [0.717, 1.165) is 0 Å². The average Bonchev–Trinajstić information content (AvgIpc) is 2.34. The molecular formula is C17H24N2. The molecule has 0 aliphatic carbocycles. The molecule has 0 unspecified atom stereocenters. The third-order valence-corrected chi connectivity index (χ3v) is 4.83. The van der Waals surface area contributed by atoms with E-state index in [-0.39, 0.29) is 10.8 Å². The molecule has 0 aromatic heterocycles. The summed E-state index contributed by atoms with van der Waals surface area (Å²) in [5.74, 6) is 0. The van der Waals surface area contributed by atoms with E-state index in [4.69, 9.17) is 0 Å². The number of nitrogens with zero attached hydrogens (tertiary/aromatic N) is 1. The molecular weight excluding hydrogens is 232 g/mol. The summed E-state index contributed by atoms with van der Waals surface area (Å²) in [5, 5.41) is 3.62. The second kappa shape index (κ2) is 4.52. The minimum Gasteiger partial charge on any atom is -0.358 e. The topological polar surface area (TPSA) is 24.4 Å². The molecule has 0 radical (unpaired) electrons. The van der Waals surface area contributed by atoms with Crippen LogP contribution in [0.1, 0.15) is 38.8 Å². The third-order valence-electron chi connectivity index (χ3n) is 4.83. The quantitative estimate of drug-likeness (QED) is 0.744. The molecule has 19 heavy (non-hydrogen) atoms. The molecule has 1 aromatic rings. The summed E-state index contributed by atoms with van der Waals surface area (Å²) in [7, 11) is 1.80. The first-order valence-corrected chi connectivity index (χ1v) is 6.82. The Labute approximate surface area is 116 Å². The standard InChI is InChI=1S/C17H24N2/c1-12-8-7-9-13-15(12)19-14(10-11-18-6)17(4,5)16(13,2)3/h7-11,19H,1-6H3. The first-order valence-electron chi connectivity index (χ1n) is 6.82. The largest absolute Gasteiger partial charge is 0.358 e. The predicted octanol–water partition coefficient (Wildman–Crippen LogP) is 4.31. The van der Waals surface area contributed by atoms with Gasteiger partial charge in [0.2, 0.25) is 0 Å². The smallest absolute Gasteiger partial charge is 0.0450 e. The molecule has 0 spiro atoms. The molecule has 1 aliphatic rings. The van der Waals surface area contributed by atoms with E-state index in [9.17, 15) is 0 Å². The van der Waals surface area contributed by atoms with Gasteiger partial charge in [0.05, 0.1) is 0 Å². The first kappa shape index (κ1) is 13.9. The van der Waals surface area contributed by atoms with Crippen LogP contribution in [0.25, 0.3) is 0 Å². The number of fused-ring (bicyclic) bond motifs is 1. The van der Waals surface area contributed by atoms with Gasteiger partial charge in [-0.2, -0.15) is 0 Å². The third kappa shape index (κ3) is 1.99. The maximum absolute atomic E-state index is 4.08. The summed E-state index contributed by atoms with van der Waals surface area (Å²) in [6.45, 7) is 11.4. The summed E-state index contributed by atoms with van der Waals surface area (Å²) in [4.78, 5) is 4.08. The SMILES string of the molecule is CN=CC=C1Nc2c(C)cccc2C(C)(C)C1(C)C. The zero-order valence-electron chi connectivity index (χ0n) is 12.8. The fourth-order valence-electron chi connectivity index (χ4n) is 2.72. The van der Waals surface area contributed by atoms with Crippen LogP contribution in [0.3, 0.4) is 0 Å². The minimum absolute atomic E-state index is 0.0367. The molecule has 0 saturated heterocycles. The lowest BCUT2D eigenvalue weighted by atomic mass is 9.60. The highest BCUT2D eigenvalue weighted by Crippen LogP contribution is 2.52. The number of aliphatic imine (C=N–C) groups is 1. The van der Waals surface area contributed by atoms with Crippen molar-refractivity contribution in [2.45, 2.75) is 40.0 Å². The van der Waals surface area contributed by atoms with Crippen molar-refractivity contribution in [1.29, 1.82) is 0 Å². The fraction of sp³-hybridized carbons (Fsp3) is 0.471. The van der Waals surface area contributed by atoms with Crippen molar-refractivity contribution in [3.8, 4) is 0 Å².